The highest BCUT2D eigenvalue weighted by Crippen LogP contribution is 2.33. The van der Waals surface area contributed by atoms with E-state index in [0.717, 1.165) is 11.5 Å². The van der Waals surface area contributed by atoms with E-state index in [1.807, 2.05) is 20.8 Å². The van der Waals surface area contributed by atoms with Crippen molar-refractivity contribution in [1.29, 1.82) is 0 Å². The highest BCUT2D eigenvalue weighted by atomic mass is 32.1. The predicted octanol–water partition coefficient (Wildman–Crippen LogP) is 3.16. The number of nitrogens with zero attached hydrogens (tertiary/aromatic N) is 2. The number of hydrogen-bond acceptors (Lipinski definition) is 4. The summed E-state index contributed by atoms with van der Waals surface area (Å²) in [6.45, 7) is 5.87. The fraction of sp³-hybridized carbons (Fsp3) is 0.385. The lowest BCUT2D eigenvalue weighted by atomic mass is 9.89. The maximum atomic E-state index is 13.8. The highest BCUT2D eigenvalue weighted by molar-refractivity contribution is 7.05. The minimum Gasteiger partial charge on any atom is -0.319 e. The van der Waals surface area contributed by atoms with Crippen LogP contribution in [0.4, 0.5) is 8.78 Å². The number of halogens is 2. The zero-order chi connectivity index (χ0) is 14.2. The third-order valence-electron chi connectivity index (χ3n) is 2.82. The molecule has 0 aliphatic rings. The fourth-order valence-corrected chi connectivity index (χ4v) is 2.74. The van der Waals surface area contributed by atoms with Crippen LogP contribution in [-0.2, 0) is 5.41 Å². The van der Waals surface area contributed by atoms with Gasteiger partial charge in [0.05, 0.1) is 16.6 Å². The summed E-state index contributed by atoms with van der Waals surface area (Å²) in [6.07, 6.45) is 0. The molecule has 0 fully saturated rings. The smallest absolute Gasteiger partial charge is 0.131 e. The largest absolute Gasteiger partial charge is 0.319 e. The van der Waals surface area contributed by atoms with Gasteiger partial charge in [-0.3, -0.25) is 0 Å². The molecule has 1 atom stereocenters. The van der Waals surface area contributed by atoms with Gasteiger partial charge in [-0.25, -0.2) is 8.78 Å². The standard InChI is InChI=1S/C13H15F2N3S/c1-13(2,3)12-11(19-18-17-12)10(16)9-7(14)5-4-6-8(9)15/h4-6,10H,16H2,1-3H3. The molecule has 0 saturated heterocycles. The fourth-order valence-electron chi connectivity index (χ4n) is 1.86. The van der Waals surface area contributed by atoms with Crippen LogP contribution in [0.5, 0.6) is 0 Å². The first-order chi connectivity index (χ1) is 8.82. The Bertz CT molecular complexity index is 570. The van der Waals surface area contributed by atoms with Gasteiger partial charge in [0.25, 0.3) is 0 Å². The molecule has 0 amide bonds. The van der Waals surface area contributed by atoms with Crippen molar-refractivity contribution >= 4 is 11.5 Å². The molecule has 2 aromatic rings. The molecular formula is C13H15F2N3S. The molecule has 0 aliphatic heterocycles. The highest BCUT2D eigenvalue weighted by Gasteiger charge is 2.28. The van der Waals surface area contributed by atoms with Crippen molar-refractivity contribution < 1.29 is 8.78 Å². The summed E-state index contributed by atoms with van der Waals surface area (Å²) in [6, 6.07) is 2.82. The monoisotopic (exact) mass is 283 g/mol. The van der Waals surface area contributed by atoms with E-state index in [1.54, 1.807) is 0 Å². The van der Waals surface area contributed by atoms with E-state index >= 15 is 0 Å². The summed E-state index contributed by atoms with van der Waals surface area (Å²) in [7, 11) is 0. The molecule has 1 aromatic carbocycles. The summed E-state index contributed by atoms with van der Waals surface area (Å²) >= 11 is 1.08. The van der Waals surface area contributed by atoms with Gasteiger partial charge in [-0.15, -0.1) is 5.10 Å². The van der Waals surface area contributed by atoms with Crippen LogP contribution in [0, 0.1) is 11.6 Å². The second kappa shape index (κ2) is 4.94. The molecule has 102 valence electrons. The molecule has 3 nitrogen and oxygen atoms in total. The van der Waals surface area contributed by atoms with Gasteiger partial charge in [0.1, 0.15) is 11.6 Å². The van der Waals surface area contributed by atoms with Crippen LogP contribution in [-0.4, -0.2) is 9.59 Å². The van der Waals surface area contributed by atoms with E-state index < -0.39 is 17.7 Å². The average molecular weight is 283 g/mol. The lowest BCUT2D eigenvalue weighted by molar-refractivity contribution is 0.531. The van der Waals surface area contributed by atoms with Gasteiger partial charge >= 0.3 is 0 Å². The Morgan fingerprint density at radius 1 is 1.21 bits per heavy atom. The van der Waals surface area contributed by atoms with Crippen LogP contribution in [0.3, 0.4) is 0 Å². The SMILES string of the molecule is CC(C)(C)c1nnsc1C(N)c1c(F)cccc1F. The molecule has 2 rings (SSSR count). The maximum absolute atomic E-state index is 13.8. The summed E-state index contributed by atoms with van der Waals surface area (Å²) in [5.74, 6) is -1.30. The van der Waals surface area contributed by atoms with Crippen LogP contribution >= 0.6 is 11.5 Å². The first-order valence-electron chi connectivity index (χ1n) is 5.84. The van der Waals surface area contributed by atoms with Gasteiger partial charge in [-0.2, -0.15) is 0 Å². The van der Waals surface area contributed by atoms with E-state index in [1.165, 1.54) is 18.2 Å². The summed E-state index contributed by atoms with van der Waals surface area (Å²) in [4.78, 5) is 0.594. The zero-order valence-electron chi connectivity index (χ0n) is 10.9. The predicted molar refractivity (Wildman–Crippen MR) is 71.0 cm³/mol. The number of rotatable bonds is 2. The molecule has 1 heterocycles. The quantitative estimate of drug-likeness (QED) is 0.921. The van der Waals surface area contributed by atoms with Gasteiger partial charge in [0.2, 0.25) is 0 Å². The Morgan fingerprint density at radius 3 is 2.32 bits per heavy atom. The van der Waals surface area contributed by atoms with Crippen LogP contribution in [0.25, 0.3) is 0 Å². The Morgan fingerprint density at radius 2 is 1.79 bits per heavy atom. The Kier molecular flexibility index (Phi) is 3.64. The lowest BCUT2D eigenvalue weighted by Crippen LogP contribution is -2.21. The van der Waals surface area contributed by atoms with Crippen molar-refractivity contribution in [2.24, 2.45) is 5.73 Å². The Labute approximate surface area is 114 Å². The van der Waals surface area contributed by atoms with Crippen molar-refractivity contribution in [3.05, 3.63) is 46.0 Å². The number of nitrogens with two attached hydrogens (primary N) is 1. The van der Waals surface area contributed by atoms with Crippen molar-refractivity contribution in [1.82, 2.24) is 9.59 Å². The van der Waals surface area contributed by atoms with Gasteiger partial charge in [-0.05, 0) is 23.7 Å². The van der Waals surface area contributed by atoms with E-state index in [0.29, 0.717) is 10.6 Å². The minimum atomic E-state index is -0.893. The van der Waals surface area contributed by atoms with Crippen molar-refractivity contribution in [3.8, 4) is 0 Å². The van der Waals surface area contributed by atoms with E-state index in [9.17, 15) is 8.78 Å². The van der Waals surface area contributed by atoms with Crippen LogP contribution in [0.2, 0.25) is 0 Å². The molecule has 1 aromatic heterocycles. The van der Waals surface area contributed by atoms with Gasteiger partial charge in [0, 0.05) is 11.0 Å². The normalized spacial score (nSPS) is 13.6. The van der Waals surface area contributed by atoms with Gasteiger partial charge in [-0.1, -0.05) is 31.3 Å². The van der Waals surface area contributed by atoms with E-state index in [4.69, 9.17) is 5.73 Å². The van der Waals surface area contributed by atoms with E-state index in [2.05, 4.69) is 9.59 Å². The topological polar surface area (TPSA) is 51.8 Å². The second-order valence-corrected chi connectivity index (χ2v) is 6.13. The first-order valence-corrected chi connectivity index (χ1v) is 6.62. The average Bonchev–Trinajstić information content (AvgIpc) is 2.76. The molecule has 0 radical (unpaired) electrons. The molecule has 0 aliphatic carbocycles. The summed E-state index contributed by atoms with van der Waals surface area (Å²) in [5, 5.41) is 4.04. The van der Waals surface area contributed by atoms with E-state index in [-0.39, 0.29) is 11.0 Å². The Hall–Kier alpha value is -1.40. The van der Waals surface area contributed by atoms with Gasteiger partial charge in [0.15, 0.2) is 0 Å². The number of benzene rings is 1. The molecule has 2 N–H and O–H groups in total. The molecule has 0 saturated carbocycles. The maximum Gasteiger partial charge on any atom is 0.131 e. The first kappa shape index (κ1) is 14.0. The zero-order valence-corrected chi connectivity index (χ0v) is 11.8. The third kappa shape index (κ3) is 2.64. The Balaban J connectivity index is 2.52. The molecule has 0 bridgehead atoms. The molecule has 6 heteroatoms. The summed E-state index contributed by atoms with van der Waals surface area (Å²) < 4.78 is 31.4. The van der Waals surface area contributed by atoms with Crippen LogP contribution in [0.15, 0.2) is 18.2 Å². The van der Waals surface area contributed by atoms with Crippen LogP contribution in [0.1, 0.15) is 42.9 Å². The number of hydrogen-bond donors (Lipinski definition) is 1. The lowest BCUT2D eigenvalue weighted by Gasteiger charge is -2.20. The van der Waals surface area contributed by atoms with Crippen molar-refractivity contribution in [2.45, 2.75) is 32.2 Å². The second-order valence-electron chi connectivity index (χ2n) is 5.35. The minimum absolute atomic E-state index is 0.140. The van der Waals surface area contributed by atoms with Crippen LogP contribution < -0.4 is 5.73 Å². The number of aromatic nitrogens is 2. The van der Waals surface area contributed by atoms with Crippen molar-refractivity contribution in [2.75, 3.05) is 0 Å². The molecule has 19 heavy (non-hydrogen) atoms. The van der Waals surface area contributed by atoms with Crippen molar-refractivity contribution in [3.63, 3.8) is 0 Å². The summed E-state index contributed by atoms with van der Waals surface area (Å²) in [5.41, 5.74) is 6.27. The van der Waals surface area contributed by atoms with Gasteiger partial charge < -0.3 is 5.73 Å². The molecule has 0 spiro atoms. The molecular weight excluding hydrogens is 268 g/mol. The molecule has 1 unspecified atom stereocenters. The third-order valence-corrected chi connectivity index (χ3v) is 3.62.